The zero-order valence-corrected chi connectivity index (χ0v) is 27.1. The highest BCUT2D eigenvalue weighted by atomic mass is 19.2. The number of hydrogen-bond acceptors (Lipinski definition) is 8. The second-order valence-electron chi connectivity index (χ2n) is 13.2. The Hall–Kier alpha value is -4.04. The largest absolute Gasteiger partial charge is 0.485 e. The number of hydrogen-bond donors (Lipinski definition) is 2. The van der Waals surface area contributed by atoms with Gasteiger partial charge in [-0.15, -0.1) is 0 Å². The Balaban J connectivity index is 1.72. The first-order chi connectivity index (χ1) is 21.8. The predicted molar refractivity (Wildman–Crippen MR) is 160 cm³/mol. The van der Waals surface area contributed by atoms with Gasteiger partial charge in [0.1, 0.15) is 18.3 Å². The summed E-state index contributed by atoms with van der Waals surface area (Å²) < 4.78 is 71.0. The Kier molecular flexibility index (Phi) is 12.1. The maximum atomic E-state index is 14.1. The van der Waals surface area contributed by atoms with Gasteiger partial charge in [-0.1, -0.05) is 45.0 Å². The predicted octanol–water partition coefficient (Wildman–Crippen LogP) is 3.54. The number of Topliss-reactive ketones (excluding diaryl/α,β-unsaturated/α-hetero) is 1. The van der Waals surface area contributed by atoms with Crippen molar-refractivity contribution in [1.82, 2.24) is 10.2 Å². The van der Waals surface area contributed by atoms with Gasteiger partial charge in [-0.25, -0.2) is 8.78 Å². The fraction of sp³-hybridized carbons (Fsp3) is 0.515. The number of aliphatic hydroxyl groups excluding tert-OH is 1. The number of ketones is 1. The highest BCUT2D eigenvalue weighted by molar-refractivity contribution is 6.36. The first-order valence-electron chi connectivity index (χ1n) is 15.0. The quantitative estimate of drug-likeness (QED) is 0.161. The van der Waals surface area contributed by atoms with Crippen molar-refractivity contribution < 1.29 is 56.1 Å². The molecule has 3 rings (SSSR count). The molecule has 0 bridgehead atoms. The monoisotopic (exact) mass is 668 g/mol. The summed E-state index contributed by atoms with van der Waals surface area (Å²) in [5, 5.41) is 13.2. The number of morpholine rings is 1. The molecular weight excluding hydrogens is 628 g/mol. The van der Waals surface area contributed by atoms with E-state index in [1.165, 1.54) is 4.90 Å². The van der Waals surface area contributed by atoms with Crippen LogP contribution in [0, 0.1) is 23.3 Å². The zero-order valence-electron chi connectivity index (χ0n) is 27.1. The lowest BCUT2D eigenvalue weighted by atomic mass is 9.82. The van der Waals surface area contributed by atoms with E-state index in [0.717, 1.165) is 5.56 Å². The molecule has 2 amide bonds. The summed E-state index contributed by atoms with van der Waals surface area (Å²) in [5.41, 5.74) is 0.379. The molecule has 0 saturated carbocycles. The van der Waals surface area contributed by atoms with Crippen molar-refractivity contribution in [2.75, 3.05) is 26.3 Å². The number of aliphatic hydroxyl groups is 1. The standard InChI is InChI=1S/C33H40F4N2O8/c1-32(2,3)19-10-8-7-9-18(19)13-23(40)31(44)39-11-12-45-25(16-39)30(43)38-22(15-26(42)47-33(4,5)6)24(41)17-46-29-27(36)20(34)14-21(35)28(29)37/h7-10,14,22,24-25,41H,11-13,15-17H2,1-6H3,(H,38,43)/t22-,24?,25?/m0/s1. The lowest BCUT2D eigenvalue weighted by Gasteiger charge is -2.33. The molecule has 14 heteroatoms. The van der Waals surface area contributed by atoms with Crippen molar-refractivity contribution in [2.24, 2.45) is 0 Å². The van der Waals surface area contributed by atoms with Gasteiger partial charge in [0.2, 0.25) is 17.4 Å². The number of carbonyl (C=O) groups excluding carboxylic acids is 4. The molecule has 2 unspecified atom stereocenters. The van der Waals surface area contributed by atoms with Crippen molar-refractivity contribution in [1.29, 1.82) is 0 Å². The molecule has 47 heavy (non-hydrogen) atoms. The van der Waals surface area contributed by atoms with Crippen LogP contribution in [0.5, 0.6) is 5.75 Å². The molecule has 0 aromatic heterocycles. The fourth-order valence-electron chi connectivity index (χ4n) is 4.91. The molecule has 0 aliphatic carbocycles. The van der Waals surface area contributed by atoms with Gasteiger partial charge < -0.3 is 29.5 Å². The summed E-state index contributed by atoms with van der Waals surface area (Å²) >= 11 is 0. The Labute approximate surface area is 270 Å². The van der Waals surface area contributed by atoms with Crippen LogP contribution in [0.15, 0.2) is 30.3 Å². The number of nitrogens with zero attached hydrogens (tertiary/aromatic N) is 1. The second kappa shape index (κ2) is 15.2. The minimum atomic E-state index is -1.86. The average molecular weight is 669 g/mol. The molecule has 1 heterocycles. The van der Waals surface area contributed by atoms with Gasteiger partial charge in [0, 0.05) is 19.0 Å². The molecule has 258 valence electrons. The van der Waals surface area contributed by atoms with Crippen molar-refractivity contribution in [3.05, 3.63) is 64.7 Å². The number of amides is 2. The van der Waals surface area contributed by atoms with Crippen LogP contribution >= 0.6 is 0 Å². The van der Waals surface area contributed by atoms with Crippen molar-refractivity contribution in [3.63, 3.8) is 0 Å². The maximum absolute atomic E-state index is 14.1. The first kappa shape index (κ1) is 37.4. The van der Waals surface area contributed by atoms with Gasteiger partial charge >= 0.3 is 5.97 Å². The third-order valence-corrected chi connectivity index (χ3v) is 7.13. The average Bonchev–Trinajstić information content (AvgIpc) is 2.98. The molecule has 3 atom stereocenters. The summed E-state index contributed by atoms with van der Waals surface area (Å²) in [5.74, 6) is -11.9. The summed E-state index contributed by atoms with van der Waals surface area (Å²) in [7, 11) is 0. The van der Waals surface area contributed by atoms with Crippen molar-refractivity contribution in [3.8, 4) is 5.75 Å². The third kappa shape index (κ3) is 10.2. The highest BCUT2D eigenvalue weighted by Crippen LogP contribution is 2.28. The topological polar surface area (TPSA) is 131 Å². The molecule has 10 nitrogen and oxygen atoms in total. The lowest BCUT2D eigenvalue weighted by molar-refractivity contribution is -0.157. The molecule has 0 spiro atoms. The molecule has 2 N–H and O–H groups in total. The third-order valence-electron chi connectivity index (χ3n) is 7.13. The zero-order chi connectivity index (χ0) is 35.3. The Morgan fingerprint density at radius 3 is 2.23 bits per heavy atom. The van der Waals surface area contributed by atoms with E-state index in [1.807, 2.05) is 32.9 Å². The molecule has 1 aliphatic rings. The van der Waals surface area contributed by atoms with Crippen LogP contribution in [0.1, 0.15) is 59.1 Å². The highest BCUT2D eigenvalue weighted by Gasteiger charge is 2.36. The van der Waals surface area contributed by atoms with Crippen LogP contribution in [-0.4, -0.2) is 83.7 Å². The van der Waals surface area contributed by atoms with Crippen molar-refractivity contribution >= 4 is 23.6 Å². The van der Waals surface area contributed by atoms with Crippen molar-refractivity contribution in [2.45, 2.75) is 83.6 Å². The van der Waals surface area contributed by atoms with E-state index in [0.29, 0.717) is 5.56 Å². The molecule has 1 saturated heterocycles. The molecule has 2 aromatic rings. The molecule has 1 fully saturated rings. The Bertz CT molecular complexity index is 1460. The van der Waals surface area contributed by atoms with E-state index in [2.05, 4.69) is 5.32 Å². The summed E-state index contributed by atoms with van der Waals surface area (Å²) in [6.45, 7) is 9.26. The number of ether oxygens (including phenoxy) is 3. The van der Waals surface area contributed by atoms with Crippen LogP contribution in [0.4, 0.5) is 17.6 Å². The van der Waals surface area contributed by atoms with Gasteiger partial charge in [0.15, 0.2) is 23.5 Å². The number of nitrogens with one attached hydrogen (secondary N) is 1. The second-order valence-corrected chi connectivity index (χ2v) is 13.2. The van der Waals surface area contributed by atoms with Crippen LogP contribution in [-0.2, 0) is 40.5 Å². The van der Waals surface area contributed by atoms with Crippen LogP contribution in [0.25, 0.3) is 0 Å². The smallest absolute Gasteiger partial charge is 0.308 e. The SMILES string of the molecule is CC(C)(C)OC(=O)C[C@H](NC(=O)C1CN(C(=O)C(=O)Cc2ccccc2C(C)(C)C)CCO1)C(O)COc1c(F)c(F)cc(F)c1F. The normalized spacial score (nSPS) is 16.7. The number of carbonyl (C=O) groups is 4. The van der Waals surface area contributed by atoms with Gasteiger partial charge in [-0.05, 0) is 37.3 Å². The minimum Gasteiger partial charge on any atom is -0.485 e. The number of benzene rings is 2. The molecule has 2 aromatic carbocycles. The van der Waals surface area contributed by atoms with Gasteiger partial charge in [-0.2, -0.15) is 8.78 Å². The number of halogens is 4. The van der Waals surface area contributed by atoms with E-state index in [9.17, 15) is 41.8 Å². The van der Waals surface area contributed by atoms with Gasteiger partial charge in [0.05, 0.1) is 25.6 Å². The maximum Gasteiger partial charge on any atom is 0.308 e. The van der Waals surface area contributed by atoms with E-state index in [4.69, 9.17) is 14.2 Å². The van der Waals surface area contributed by atoms with Crippen LogP contribution in [0.2, 0.25) is 0 Å². The Morgan fingerprint density at radius 2 is 1.64 bits per heavy atom. The summed E-state index contributed by atoms with van der Waals surface area (Å²) in [6, 6.07) is 5.75. The lowest BCUT2D eigenvalue weighted by Crippen LogP contribution is -2.56. The van der Waals surface area contributed by atoms with Gasteiger partial charge in [0.25, 0.3) is 11.8 Å². The molecular formula is C33H40F4N2O8. The van der Waals surface area contributed by atoms with Crippen LogP contribution in [0.3, 0.4) is 0 Å². The number of rotatable bonds is 11. The molecule has 1 aliphatic heterocycles. The fourth-order valence-corrected chi connectivity index (χ4v) is 4.91. The minimum absolute atomic E-state index is 0.0178. The molecule has 0 radical (unpaired) electrons. The van der Waals surface area contributed by atoms with E-state index in [1.54, 1.807) is 32.9 Å². The number of esters is 1. The van der Waals surface area contributed by atoms with E-state index in [-0.39, 0.29) is 37.6 Å². The van der Waals surface area contributed by atoms with E-state index >= 15 is 0 Å². The first-order valence-corrected chi connectivity index (χ1v) is 15.0. The summed E-state index contributed by atoms with van der Waals surface area (Å²) in [4.78, 5) is 53.1. The van der Waals surface area contributed by atoms with Crippen LogP contribution < -0.4 is 10.1 Å². The van der Waals surface area contributed by atoms with Gasteiger partial charge in [-0.3, -0.25) is 19.2 Å². The van der Waals surface area contributed by atoms with E-state index < -0.39 is 89.5 Å². The Morgan fingerprint density at radius 1 is 1.02 bits per heavy atom. The summed E-state index contributed by atoms with van der Waals surface area (Å²) in [6.07, 6.45) is -4.00.